The Hall–Kier alpha value is -2.76. The number of hydrogen-bond donors (Lipinski definition) is 0. The molecule has 0 aliphatic rings. The van der Waals surface area contributed by atoms with Crippen LogP contribution in [0.3, 0.4) is 0 Å². The molecule has 0 saturated carbocycles. The molecule has 3 nitrogen and oxygen atoms in total. The molecule has 27 heavy (non-hydrogen) atoms. The van der Waals surface area contributed by atoms with Crippen LogP contribution in [0, 0.1) is 0 Å². The molecule has 0 aliphatic carbocycles. The summed E-state index contributed by atoms with van der Waals surface area (Å²) in [6.07, 6.45) is -0.465. The molecule has 0 heterocycles. The van der Waals surface area contributed by atoms with Crippen molar-refractivity contribution >= 4 is 11.6 Å². The normalized spacial score (nSPS) is 13.6. The topological polar surface area (TPSA) is 30.8 Å². The van der Waals surface area contributed by atoms with Crippen molar-refractivity contribution in [3.05, 3.63) is 72.3 Å². The zero-order valence-electron chi connectivity index (χ0n) is 15.2. The molecule has 0 amide bonds. The Labute approximate surface area is 157 Å². The molecule has 0 saturated heterocycles. The van der Waals surface area contributed by atoms with Crippen LogP contribution in [-0.4, -0.2) is 25.3 Å². The third kappa shape index (κ3) is 7.17. The van der Waals surface area contributed by atoms with Crippen LogP contribution in [0.2, 0.25) is 0 Å². The van der Waals surface area contributed by atoms with Crippen LogP contribution in [0.1, 0.15) is 18.9 Å². The second-order valence-corrected chi connectivity index (χ2v) is 5.89. The van der Waals surface area contributed by atoms with Gasteiger partial charge in [0.1, 0.15) is 11.9 Å². The average Bonchev–Trinajstić information content (AvgIpc) is 2.65. The number of aryl methyl sites for hydroxylation is 1. The first-order valence-corrected chi connectivity index (χ1v) is 8.55. The minimum absolute atomic E-state index is 0.142. The van der Waals surface area contributed by atoms with Crippen molar-refractivity contribution in [1.82, 2.24) is 0 Å². The summed E-state index contributed by atoms with van der Waals surface area (Å²) in [5.41, 5.74) is 1.32. The number of nitrogens with zero attached hydrogens (tertiary/aromatic N) is 1. The Morgan fingerprint density at radius 2 is 1.74 bits per heavy atom. The Morgan fingerprint density at radius 3 is 2.33 bits per heavy atom. The van der Waals surface area contributed by atoms with E-state index in [4.69, 9.17) is 9.47 Å². The van der Waals surface area contributed by atoms with Crippen LogP contribution in [0.25, 0.3) is 0 Å². The van der Waals surface area contributed by atoms with Crippen LogP contribution in [-0.2, 0) is 11.2 Å². The van der Waals surface area contributed by atoms with Crippen molar-refractivity contribution in [2.24, 2.45) is 4.99 Å². The molecule has 6 heteroatoms. The highest BCUT2D eigenvalue weighted by molar-refractivity contribution is 5.84. The smallest absolute Gasteiger partial charge is 0.468 e. The summed E-state index contributed by atoms with van der Waals surface area (Å²) in [7, 11) is 1.48. The Morgan fingerprint density at radius 1 is 1.07 bits per heavy atom. The van der Waals surface area contributed by atoms with Gasteiger partial charge < -0.3 is 9.47 Å². The average molecular weight is 377 g/mol. The lowest BCUT2D eigenvalue weighted by molar-refractivity contribution is -0.0804. The maximum absolute atomic E-state index is 13.2. The lowest BCUT2D eigenvalue weighted by Gasteiger charge is -2.15. The molecule has 144 valence electrons. The van der Waals surface area contributed by atoms with Crippen LogP contribution < -0.4 is 4.74 Å². The quantitative estimate of drug-likeness (QED) is 0.343. The SMILES string of the molecule is COc1ccc(N=C(O[C@@H](C)/C=C\CCc2ccccc2)C(F)(F)F)cc1. The zero-order chi connectivity index (χ0) is 19.7. The van der Waals surface area contributed by atoms with Gasteiger partial charge in [0.2, 0.25) is 0 Å². The molecule has 0 aliphatic heterocycles. The number of allylic oxidation sites excluding steroid dienone is 1. The van der Waals surface area contributed by atoms with E-state index >= 15 is 0 Å². The van der Waals surface area contributed by atoms with Crippen molar-refractivity contribution < 1.29 is 22.6 Å². The van der Waals surface area contributed by atoms with Crippen molar-refractivity contribution in [3.8, 4) is 5.75 Å². The van der Waals surface area contributed by atoms with Crippen LogP contribution >= 0.6 is 0 Å². The summed E-state index contributed by atoms with van der Waals surface area (Å²) >= 11 is 0. The van der Waals surface area contributed by atoms with Crippen LogP contribution in [0.5, 0.6) is 5.75 Å². The second-order valence-electron chi connectivity index (χ2n) is 5.89. The molecule has 0 aromatic heterocycles. The first-order chi connectivity index (χ1) is 12.9. The molecule has 2 aromatic rings. The van der Waals surface area contributed by atoms with Crippen molar-refractivity contribution in [2.75, 3.05) is 7.11 Å². The molecule has 0 radical (unpaired) electrons. The van der Waals surface area contributed by atoms with Crippen LogP contribution in [0.4, 0.5) is 18.9 Å². The lowest BCUT2D eigenvalue weighted by atomic mass is 10.1. The Bertz CT molecular complexity index is 753. The van der Waals surface area contributed by atoms with Crippen molar-refractivity contribution in [1.29, 1.82) is 0 Å². The largest absolute Gasteiger partial charge is 0.497 e. The highest BCUT2D eigenvalue weighted by Crippen LogP contribution is 2.25. The lowest BCUT2D eigenvalue weighted by Crippen LogP contribution is -2.28. The van der Waals surface area contributed by atoms with Gasteiger partial charge in [0.05, 0.1) is 12.8 Å². The first kappa shape index (κ1) is 20.6. The summed E-state index contributed by atoms with van der Waals surface area (Å²) < 4.78 is 49.7. The summed E-state index contributed by atoms with van der Waals surface area (Å²) in [4.78, 5) is 3.60. The highest BCUT2D eigenvalue weighted by Gasteiger charge is 2.39. The van der Waals surface area contributed by atoms with Gasteiger partial charge in [0, 0.05) is 0 Å². The van der Waals surface area contributed by atoms with E-state index in [1.807, 2.05) is 36.4 Å². The minimum Gasteiger partial charge on any atom is -0.497 e. The van der Waals surface area contributed by atoms with E-state index in [9.17, 15) is 13.2 Å². The van der Waals surface area contributed by atoms with Gasteiger partial charge in [-0.1, -0.05) is 36.4 Å². The molecule has 2 aromatic carbocycles. The fourth-order valence-electron chi connectivity index (χ4n) is 2.33. The van der Waals surface area contributed by atoms with Gasteiger partial charge in [-0.25, -0.2) is 4.99 Å². The number of halogens is 3. The zero-order valence-corrected chi connectivity index (χ0v) is 15.2. The van der Waals surface area contributed by atoms with E-state index in [2.05, 4.69) is 4.99 Å². The highest BCUT2D eigenvalue weighted by atomic mass is 19.4. The van der Waals surface area contributed by atoms with Gasteiger partial charge >= 0.3 is 6.18 Å². The number of benzene rings is 2. The van der Waals surface area contributed by atoms with Crippen molar-refractivity contribution in [2.45, 2.75) is 32.0 Å². The molecule has 0 unspecified atom stereocenters. The van der Waals surface area contributed by atoms with Gasteiger partial charge in [-0.3, -0.25) is 0 Å². The van der Waals surface area contributed by atoms with Crippen LogP contribution in [0.15, 0.2) is 71.7 Å². The monoisotopic (exact) mass is 377 g/mol. The summed E-state index contributed by atoms with van der Waals surface area (Å²) in [5.74, 6) is -0.731. The molecule has 0 spiro atoms. The molecular formula is C21H22F3NO2. The number of aliphatic imine (C=N–C) groups is 1. The molecular weight excluding hydrogens is 355 g/mol. The maximum atomic E-state index is 13.2. The number of rotatable bonds is 7. The number of hydrogen-bond acceptors (Lipinski definition) is 3. The van der Waals surface area contributed by atoms with Gasteiger partial charge in [0.25, 0.3) is 5.90 Å². The van der Waals surface area contributed by atoms with Gasteiger partial charge in [-0.15, -0.1) is 0 Å². The number of alkyl halides is 3. The van der Waals surface area contributed by atoms with E-state index in [0.29, 0.717) is 12.2 Å². The Balaban J connectivity index is 1.98. The third-order valence-corrected chi connectivity index (χ3v) is 3.69. The van der Waals surface area contributed by atoms with Crippen molar-refractivity contribution in [3.63, 3.8) is 0 Å². The van der Waals surface area contributed by atoms with E-state index in [1.165, 1.54) is 24.8 Å². The van der Waals surface area contributed by atoms with E-state index < -0.39 is 18.2 Å². The standard InChI is InChI=1S/C21H22F3NO2/c1-16(8-6-7-11-17-9-4-3-5-10-17)27-20(21(22,23)24)25-18-12-14-19(26-2)15-13-18/h3-6,8-10,12-16H,7,11H2,1-2H3/b8-6-,25-20?/t16-/m0/s1. The predicted molar refractivity (Wildman–Crippen MR) is 101 cm³/mol. The summed E-state index contributed by atoms with van der Waals surface area (Å²) in [5, 5.41) is 0. The minimum atomic E-state index is -4.67. The number of ether oxygens (including phenoxy) is 2. The van der Waals surface area contributed by atoms with E-state index in [0.717, 1.165) is 6.42 Å². The summed E-state index contributed by atoms with van der Waals surface area (Å²) in [6.45, 7) is 1.55. The fraction of sp³-hybridized carbons (Fsp3) is 0.286. The molecule has 0 bridgehead atoms. The number of methoxy groups -OCH3 is 1. The molecule has 0 fully saturated rings. The fourth-order valence-corrected chi connectivity index (χ4v) is 2.33. The Kier molecular flexibility index (Phi) is 7.46. The summed E-state index contributed by atoms with van der Waals surface area (Å²) in [6, 6.07) is 15.8. The van der Waals surface area contributed by atoms with Gasteiger partial charge in [-0.05, 0) is 55.7 Å². The first-order valence-electron chi connectivity index (χ1n) is 8.55. The van der Waals surface area contributed by atoms with Gasteiger partial charge in [0.15, 0.2) is 0 Å². The maximum Gasteiger partial charge on any atom is 0.468 e. The van der Waals surface area contributed by atoms with E-state index in [1.54, 1.807) is 25.1 Å². The third-order valence-electron chi connectivity index (χ3n) is 3.69. The van der Waals surface area contributed by atoms with E-state index in [-0.39, 0.29) is 5.69 Å². The second kappa shape index (κ2) is 9.80. The molecule has 1 atom stereocenters. The molecule has 2 rings (SSSR count). The molecule has 0 N–H and O–H groups in total. The van der Waals surface area contributed by atoms with Gasteiger partial charge in [-0.2, -0.15) is 13.2 Å². The predicted octanol–water partition coefficient (Wildman–Crippen LogP) is 5.88.